The maximum absolute atomic E-state index is 13.4. The summed E-state index contributed by atoms with van der Waals surface area (Å²) in [6, 6.07) is 16.1. The molecule has 0 spiro atoms. The third-order valence-corrected chi connectivity index (χ3v) is 7.09. The molecule has 3 aromatic carbocycles. The number of methoxy groups -OCH3 is 1. The summed E-state index contributed by atoms with van der Waals surface area (Å²) in [5, 5.41) is 23.0. The quantitative estimate of drug-likeness (QED) is 0.113. The van der Waals surface area contributed by atoms with E-state index in [9.17, 15) is 24.8 Å². The van der Waals surface area contributed by atoms with E-state index in [0.29, 0.717) is 23.6 Å². The molecule has 1 aliphatic rings. The number of fused-ring (bicyclic) bond motifs is 1. The van der Waals surface area contributed by atoms with Crippen LogP contribution in [0.25, 0.3) is 16.0 Å². The van der Waals surface area contributed by atoms with Gasteiger partial charge in [-0.15, -0.1) is 0 Å². The molecule has 2 heterocycles. The standard InChI is InChI=1S/C27H21N3O7S/c1-3-37-19-11-12-20-21(14-19)38-27(28-20)29-23(16-5-4-6-17(13-16)30(34)35)22(25(32)26(29)33)24(31)15-7-9-18(36-2)10-8-15/h4-14,23,31H,3H2,1-2H3/b24-22+/t23-/m1/s1. The van der Waals surface area contributed by atoms with Crippen LogP contribution in [0.4, 0.5) is 10.8 Å². The molecular formula is C27H21N3O7S. The smallest absolute Gasteiger partial charge is 0.301 e. The number of carbonyl (C=O) groups excluding carboxylic acids is 2. The minimum Gasteiger partial charge on any atom is -0.507 e. The van der Waals surface area contributed by atoms with E-state index >= 15 is 0 Å². The van der Waals surface area contributed by atoms with Crippen molar-refractivity contribution in [2.45, 2.75) is 13.0 Å². The highest BCUT2D eigenvalue weighted by molar-refractivity contribution is 7.22. The largest absolute Gasteiger partial charge is 0.507 e. The van der Waals surface area contributed by atoms with Crippen molar-refractivity contribution in [3.05, 3.63) is 93.5 Å². The summed E-state index contributed by atoms with van der Waals surface area (Å²) >= 11 is 1.17. The fraction of sp³-hybridized carbons (Fsp3) is 0.148. The third-order valence-electron chi connectivity index (χ3n) is 6.07. The lowest BCUT2D eigenvalue weighted by Crippen LogP contribution is -2.29. The third kappa shape index (κ3) is 4.33. The number of hydrogen-bond acceptors (Lipinski definition) is 9. The number of amides is 1. The summed E-state index contributed by atoms with van der Waals surface area (Å²) in [7, 11) is 1.50. The Kier molecular flexibility index (Phi) is 6.52. The predicted octanol–water partition coefficient (Wildman–Crippen LogP) is 5.24. The zero-order valence-electron chi connectivity index (χ0n) is 20.3. The highest BCUT2D eigenvalue weighted by atomic mass is 32.1. The molecule has 1 saturated heterocycles. The minimum atomic E-state index is -1.15. The van der Waals surface area contributed by atoms with Crippen molar-refractivity contribution in [2.24, 2.45) is 0 Å². The first kappa shape index (κ1) is 24.9. The molecule has 0 unspecified atom stereocenters. The molecule has 5 rings (SSSR count). The number of Topliss-reactive ketones (excluding diaryl/α,β-unsaturated/α-hetero) is 1. The molecule has 1 fully saturated rings. The van der Waals surface area contributed by atoms with Crippen molar-refractivity contribution in [1.82, 2.24) is 4.98 Å². The first-order valence-corrected chi connectivity index (χ1v) is 12.4. The number of non-ortho nitro benzene ring substituents is 1. The maximum atomic E-state index is 13.4. The first-order chi connectivity index (χ1) is 18.3. The molecule has 1 atom stereocenters. The summed E-state index contributed by atoms with van der Waals surface area (Å²) in [4.78, 5) is 43.5. The molecule has 1 N–H and O–H groups in total. The van der Waals surface area contributed by atoms with Gasteiger partial charge in [0.25, 0.3) is 11.5 Å². The molecule has 1 amide bonds. The van der Waals surface area contributed by atoms with Gasteiger partial charge in [-0.05, 0) is 55.0 Å². The molecule has 1 aromatic heterocycles. The number of aliphatic hydroxyl groups is 1. The van der Waals surface area contributed by atoms with Crippen LogP contribution in [0.15, 0.2) is 72.3 Å². The van der Waals surface area contributed by atoms with Crippen molar-refractivity contribution >= 4 is 49.8 Å². The van der Waals surface area contributed by atoms with E-state index in [0.717, 1.165) is 4.70 Å². The zero-order chi connectivity index (χ0) is 27.0. The number of ketones is 1. The Bertz CT molecular complexity index is 1610. The number of thiazole rings is 1. The fourth-order valence-electron chi connectivity index (χ4n) is 4.31. The van der Waals surface area contributed by atoms with Crippen LogP contribution in [0.3, 0.4) is 0 Å². The lowest BCUT2D eigenvalue weighted by Gasteiger charge is -2.22. The number of anilines is 1. The second kappa shape index (κ2) is 9.94. The van der Waals surface area contributed by atoms with E-state index in [2.05, 4.69) is 4.98 Å². The molecule has 4 aromatic rings. The van der Waals surface area contributed by atoms with Crippen molar-refractivity contribution in [3.63, 3.8) is 0 Å². The van der Waals surface area contributed by atoms with Crippen LogP contribution in [0.1, 0.15) is 24.1 Å². The Morgan fingerprint density at radius 3 is 2.53 bits per heavy atom. The van der Waals surface area contributed by atoms with Crippen molar-refractivity contribution in [2.75, 3.05) is 18.6 Å². The van der Waals surface area contributed by atoms with Gasteiger partial charge in [-0.3, -0.25) is 24.6 Å². The second-order valence-corrected chi connectivity index (χ2v) is 9.32. The lowest BCUT2D eigenvalue weighted by molar-refractivity contribution is -0.384. The zero-order valence-corrected chi connectivity index (χ0v) is 21.1. The number of nitro benzene ring substituents is 1. The average molecular weight is 532 g/mol. The molecule has 38 heavy (non-hydrogen) atoms. The lowest BCUT2D eigenvalue weighted by atomic mass is 9.95. The number of hydrogen-bond donors (Lipinski definition) is 1. The molecule has 0 aliphatic carbocycles. The number of ether oxygens (including phenoxy) is 2. The first-order valence-electron chi connectivity index (χ1n) is 11.6. The van der Waals surface area contributed by atoms with Gasteiger partial charge < -0.3 is 14.6 Å². The van der Waals surface area contributed by atoms with E-state index in [1.54, 1.807) is 48.5 Å². The van der Waals surface area contributed by atoms with Crippen molar-refractivity contribution in [1.29, 1.82) is 0 Å². The summed E-state index contributed by atoms with van der Waals surface area (Å²) in [6.07, 6.45) is 0. The van der Waals surface area contributed by atoms with Crippen LogP contribution in [0.5, 0.6) is 11.5 Å². The van der Waals surface area contributed by atoms with Gasteiger partial charge >= 0.3 is 5.91 Å². The van der Waals surface area contributed by atoms with Gasteiger partial charge in [-0.1, -0.05) is 23.5 Å². The fourth-order valence-corrected chi connectivity index (χ4v) is 5.33. The van der Waals surface area contributed by atoms with Gasteiger partial charge in [0.05, 0.1) is 40.5 Å². The molecular weight excluding hydrogens is 510 g/mol. The van der Waals surface area contributed by atoms with Crippen LogP contribution in [-0.2, 0) is 9.59 Å². The Morgan fingerprint density at radius 1 is 1.11 bits per heavy atom. The number of rotatable bonds is 7. The van der Waals surface area contributed by atoms with Crippen LogP contribution >= 0.6 is 11.3 Å². The Morgan fingerprint density at radius 2 is 1.84 bits per heavy atom. The number of nitrogens with zero attached hydrogens (tertiary/aromatic N) is 3. The summed E-state index contributed by atoms with van der Waals surface area (Å²) in [5.74, 6) is -1.07. The highest BCUT2D eigenvalue weighted by Gasteiger charge is 2.48. The predicted molar refractivity (Wildman–Crippen MR) is 142 cm³/mol. The Balaban J connectivity index is 1.70. The number of carbonyl (C=O) groups is 2. The van der Waals surface area contributed by atoms with E-state index in [1.165, 1.54) is 41.5 Å². The molecule has 0 saturated carbocycles. The molecule has 0 radical (unpaired) electrons. The number of aromatic nitrogens is 1. The van der Waals surface area contributed by atoms with Gasteiger partial charge in [-0.2, -0.15) is 0 Å². The van der Waals surface area contributed by atoms with Gasteiger partial charge in [0, 0.05) is 17.7 Å². The van der Waals surface area contributed by atoms with E-state index in [1.807, 2.05) is 6.92 Å². The minimum absolute atomic E-state index is 0.199. The highest BCUT2D eigenvalue weighted by Crippen LogP contribution is 2.45. The van der Waals surface area contributed by atoms with E-state index in [-0.39, 0.29) is 27.5 Å². The van der Waals surface area contributed by atoms with Crippen LogP contribution in [0.2, 0.25) is 0 Å². The van der Waals surface area contributed by atoms with Crippen LogP contribution < -0.4 is 14.4 Å². The van der Waals surface area contributed by atoms with E-state index < -0.39 is 28.4 Å². The van der Waals surface area contributed by atoms with Crippen molar-refractivity contribution in [3.8, 4) is 11.5 Å². The maximum Gasteiger partial charge on any atom is 0.301 e. The molecule has 11 heteroatoms. The van der Waals surface area contributed by atoms with Gasteiger partial charge in [0.1, 0.15) is 17.3 Å². The summed E-state index contributed by atoms with van der Waals surface area (Å²) < 4.78 is 11.4. The molecule has 0 bridgehead atoms. The molecule has 10 nitrogen and oxygen atoms in total. The monoisotopic (exact) mass is 531 g/mol. The van der Waals surface area contributed by atoms with Gasteiger partial charge in [0.2, 0.25) is 0 Å². The Hall–Kier alpha value is -4.77. The number of aliphatic hydroxyl groups excluding tert-OH is 1. The number of nitro groups is 1. The van der Waals surface area contributed by atoms with Gasteiger partial charge in [-0.25, -0.2) is 4.98 Å². The summed E-state index contributed by atoms with van der Waals surface area (Å²) in [6.45, 7) is 2.34. The van der Waals surface area contributed by atoms with Crippen LogP contribution in [-0.4, -0.2) is 40.4 Å². The topological polar surface area (TPSA) is 132 Å². The Labute approximate surface area is 220 Å². The molecule has 192 valence electrons. The number of benzene rings is 3. The van der Waals surface area contributed by atoms with Gasteiger partial charge in [0.15, 0.2) is 5.13 Å². The van der Waals surface area contributed by atoms with E-state index in [4.69, 9.17) is 9.47 Å². The average Bonchev–Trinajstić information content (AvgIpc) is 3.46. The normalized spacial score (nSPS) is 16.7. The SMILES string of the molecule is CCOc1ccc2nc(N3C(=O)C(=O)/C(=C(/O)c4ccc(OC)cc4)[C@H]3c3cccc([N+](=O)[O-])c3)sc2c1. The molecule has 1 aliphatic heterocycles. The summed E-state index contributed by atoms with van der Waals surface area (Å²) in [5.41, 5.74) is 0.731. The van der Waals surface area contributed by atoms with Crippen molar-refractivity contribution < 1.29 is 29.1 Å². The van der Waals surface area contributed by atoms with Crippen LogP contribution in [0, 0.1) is 10.1 Å². The second-order valence-electron chi connectivity index (χ2n) is 8.31.